The number of ether oxygens (including phenoxy) is 2. The van der Waals surface area contributed by atoms with E-state index in [9.17, 15) is 0 Å². The molecule has 4 nitrogen and oxygen atoms in total. The Hall–Kier alpha value is -1.10. The summed E-state index contributed by atoms with van der Waals surface area (Å²) in [4.78, 5) is 0. The zero-order valence-electron chi connectivity index (χ0n) is 10.8. The molecule has 0 saturated heterocycles. The predicted octanol–water partition coefficient (Wildman–Crippen LogP) is 1.19. The number of hydrogen-bond donors (Lipinski definition) is 2. The minimum atomic E-state index is -0.404. The van der Waals surface area contributed by atoms with Gasteiger partial charge < -0.3 is 20.3 Å². The second-order valence-electron chi connectivity index (χ2n) is 4.65. The van der Waals surface area contributed by atoms with Gasteiger partial charge in [0.2, 0.25) is 0 Å². The number of aliphatic hydroxyl groups excluding tert-OH is 1. The first-order valence-electron chi connectivity index (χ1n) is 6.38. The summed E-state index contributed by atoms with van der Waals surface area (Å²) in [6.07, 6.45) is 2.52. The van der Waals surface area contributed by atoms with Gasteiger partial charge in [-0.05, 0) is 42.5 Å². The molecule has 1 atom stereocenters. The first kappa shape index (κ1) is 13.3. The Morgan fingerprint density at radius 1 is 1.44 bits per heavy atom. The van der Waals surface area contributed by atoms with Gasteiger partial charge in [0.1, 0.15) is 11.4 Å². The van der Waals surface area contributed by atoms with Crippen molar-refractivity contribution in [3.05, 3.63) is 29.3 Å². The lowest BCUT2D eigenvalue weighted by atomic mass is 9.95. The molecule has 1 aliphatic rings. The molecule has 0 radical (unpaired) electrons. The van der Waals surface area contributed by atoms with Gasteiger partial charge in [0, 0.05) is 13.2 Å². The minimum Gasteiger partial charge on any atom is -0.497 e. The molecule has 0 amide bonds. The van der Waals surface area contributed by atoms with E-state index in [0.29, 0.717) is 19.6 Å². The fourth-order valence-corrected chi connectivity index (χ4v) is 2.55. The van der Waals surface area contributed by atoms with E-state index in [4.69, 9.17) is 20.3 Å². The topological polar surface area (TPSA) is 64.7 Å². The summed E-state index contributed by atoms with van der Waals surface area (Å²) in [5.74, 6) is 0.833. The highest BCUT2D eigenvalue weighted by Crippen LogP contribution is 2.41. The summed E-state index contributed by atoms with van der Waals surface area (Å²) < 4.78 is 11.2. The maximum absolute atomic E-state index is 8.84. The van der Waals surface area contributed by atoms with E-state index in [1.54, 1.807) is 7.11 Å². The van der Waals surface area contributed by atoms with E-state index in [1.807, 2.05) is 12.1 Å². The number of methoxy groups -OCH3 is 1. The Bertz CT molecular complexity index is 408. The first-order valence-corrected chi connectivity index (χ1v) is 6.38. The highest BCUT2D eigenvalue weighted by atomic mass is 16.5. The lowest BCUT2D eigenvalue weighted by Gasteiger charge is -2.29. The van der Waals surface area contributed by atoms with Gasteiger partial charge >= 0.3 is 0 Å². The van der Waals surface area contributed by atoms with Crippen molar-refractivity contribution in [3.63, 3.8) is 0 Å². The van der Waals surface area contributed by atoms with Crippen molar-refractivity contribution in [3.8, 4) is 5.75 Å². The SMILES string of the molecule is COc1ccc2c(c1)C(CN)(OCCCO)CC2. The standard InChI is InChI=1S/C14H21NO3/c1-17-12-4-3-11-5-6-14(10-15,13(11)9-12)18-8-2-7-16/h3-4,9,16H,2,5-8,10,15H2,1H3. The highest BCUT2D eigenvalue weighted by molar-refractivity contribution is 5.43. The Kier molecular flexibility index (Phi) is 4.22. The lowest BCUT2D eigenvalue weighted by Crippen LogP contribution is -2.36. The molecule has 1 aromatic rings. The van der Waals surface area contributed by atoms with E-state index < -0.39 is 5.60 Å². The molecule has 0 aliphatic heterocycles. The molecule has 1 unspecified atom stereocenters. The number of aryl methyl sites for hydroxylation is 1. The molecule has 1 aliphatic carbocycles. The van der Waals surface area contributed by atoms with Crippen molar-refractivity contribution in [1.29, 1.82) is 0 Å². The van der Waals surface area contributed by atoms with Gasteiger partial charge in [0.15, 0.2) is 0 Å². The fourth-order valence-electron chi connectivity index (χ4n) is 2.55. The molecular weight excluding hydrogens is 230 g/mol. The van der Waals surface area contributed by atoms with E-state index in [2.05, 4.69) is 6.07 Å². The summed E-state index contributed by atoms with van der Waals surface area (Å²) in [5, 5.41) is 8.84. The van der Waals surface area contributed by atoms with Crippen molar-refractivity contribution in [2.24, 2.45) is 5.73 Å². The Balaban J connectivity index is 2.24. The second-order valence-corrected chi connectivity index (χ2v) is 4.65. The van der Waals surface area contributed by atoms with Crippen LogP contribution in [0.25, 0.3) is 0 Å². The summed E-state index contributed by atoms with van der Waals surface area (Å²) in [6, 6.07) is 6.08. The molecule has 0 heterocycles. The first-order chi connectivity index (χ1) is 8.75. The highest BCUT2D eigenvalue weighted by Gasteiger charge is 2.38. The Morgan fingerprint density at radius 3 is 2.94 bits per heavy atom. The zero-order valence-corrected chi connectivity index (χ0v) is 10.8. The monoisotopic (exact) mass is 251 g/mol. The summed E-state index contributed by atoms with van der Waals surface area (Å²) >= 11 is 0. The molecule has 1 aromatic carbocycles. The van der Waals surface area contributed by atoms with E-state index >= 15 is 0 Å². The van der Waals surface area contributed by atoms with Crippen LogP contribution >= 0.6 is 0 Å². The molecule has 18 heavy (non-hydrogen) atoms. The van der Waals surface area contributed by atoms with Crippen molar-refractivity contribution >= 4 is 0 Å². The zero-order chi connectivity index (χ0) is 13.0. The minimum absolute atomic E-state index is 0.144. The Labute approximate surface area is 108 Å². The maximum Gasteiger partial charge on any atom is 0.119 e. The van der Waals surface area contributed by atoms with Gasteiger partial charge in [-0.25, -0.2) is 0 Å². The van der Waals surface area contributed by atoms with E-state index in [-0.39, 0.29) is 6.61 Å². The van der Waals surface area contributed by atoms with Crippen LogP contribution in [0.2, 0.25) is 0 Å². The van der Waals surface area contributed by atoms with Gasteiger partial charge in [-0.15, -0.1) is 0 Å². The van der Waals surface area contributed by atoms with Crippen LogP contribution in [0.15, 0.2) is 18.2 Å². The maximum atomic E-state index is 8.84. The third kappa shape index (κ3) is 2.36. The number of aliphatic hydroxyl groups is 1. The van der Waals surface area contributed by atoms with Crippen LogP contribution in [-0.4, -0.2) is 32.0 Å². The van der Waals surface area contributed by atoms with Gasteiger partial charge in [0.05, 0.1) is 13.7 Å². The number of fused-ring (bicyclic) bond motifs is 1. The molecule has 0 fully saturated rings. The van der Waals surface area contributed by atoms with Crippen LogP contribution in [0.1, 0.15) is 24.0 Å². The molecular formula is C14H21NO3. The molecule has 0 aromatic heterocycles. The number of nitrogens with two attached hydrogens (primary N) is 1. The number of rotatable bonds is 6. The van der Waals surface area contributed by atoms with Crippen LogP contribution in [0.5, 0.6) is 5.75 Å². The third-order valence-corrected chi connectivity index (χ3v) is 3.62. The molecule has 3 N–H and O–H groups in total. The fraction of sp³-hybridized carbons (Fsp3) is 0.571. The quantitative estimate of drug-likeness (QED) is 0.746. The third-order valence-electron chi connectivity index (χ3n) is 3.62. The lowest BCUT2D eigenvalue weighted by molar-refractivity contribution is -0.0468. The summed E-state index contributed by atoms with van der Waals surface area (Å²) in [7, 11) is 1.66. The number of hydrogen-bond acceptors (Lipinski definition) is 4. The molecule has 2 rings (SSSR count). The van der Waals surface area contributed by atoms with Crippen molar-refractivity contribution in [2.75, 3.05) is 26.9 Å². The average Bonchev–Trinajstić information content (AvgIpc) is 2.78. The molecule has 0 bridgehead atoms. The predicted molar refractivity (Wildman–Crippen MR) is 69.7 cm³/mol. The van der Waals surface area contributed by atoms with Crippen molar-refractivity contribution < 1.29 is 14.6 Å². The normalized spacial score (nSPS) is 21.9. The van der Waals surface area contributed by atoms with Gasteiger partial charge in [-0.2, -0.15) is 0 Å². The molecule has 4 heteroatoms. The van der Waals surface area contributed by atoms with Crippen LogP contribution in [0, 0.1) is 0 Å². The number of benzene rings is 1. The van der Waals surface area contributed by atoms with Gasteiger partial charge in [-0.3, -0.25) is 0 Å². The van der Waals surface area contributed by atoms with Gasteiger partial charge in [-0.1, -0.05) is 6.07 Å². The molecule has 100 valence electrons. The van der Waals surface area contributed by atoms with Crippen LogP contribution < -0.4 is 10.5 Å². The second kappa shape index (κ2) is 5.69. The summed E-state index contributed by atoms with van der Waals surface area (Å²) in [5.41, 5.74) is 7.95. The smallest absolute Gasteiger partial charge is 0.119 e. The molecule has 0 saturated carbocycles. The van der Waals surface area contributed by atoms with Crippen molar-refractivity contribution in [1.82, 2.24) is 0 Å². The van der Waals surface area contributed by atoms with E-state index in [1.165, 1.54) is 5.56 Å². The van der Waals surface area contributed by atoms with Gasteiger partial charge in [0.25, 0.3) is 0 Å². The van der Waals surface area contributed by atoms with E-state index in [0.717, 1.165) is 24.2 Å². The largest absolute Gasteiger partial charge is 0.497 e. The summed E-state index contributed by atoms with van der Waals surface area (Å²) in [6.45, 7) is 1.13. The van der Waals surface area contributed by atoms with Crippen LogP contribution in [0.4, 0.5) is 0 Å². The average molecular weight is 251 g/mol. The molecule has 0 spiro atoms. The Morgan fingerprint density at radius 2 is 2.28 bits per heavy atom. The van der Waals surface area contributed by atoms with Crippen LogP contribution in [0.3, 0.4) is 0 Å². The van der Waals surface area contributed by atoms with Crippen LogP contribution in [-0.2, 0) is 16.8 Å². The van der Waals surface area contributed by atoms with Crippen molar-refractivity contribution in [2.45, 2.75) is 24.9 Å².